The average Bonchev–Trinajstić information content (AvgIpc) is 3.42. The standard InChI is InChI=1S/C26H35ClN2O6/c1-5-25-11-12-26(35-25)19(20(25)24(33)34-6-2)23(32)29(18(14-30)13-15(3)4)21(26)22(31)28-17-9-7-16(27)8-10-17/h7-10,15,18-21,30H,5-6,11-14H2,1-4H3,(H,28,31)/t18-,19+,20-,21?,25+,26?/m1/s1. The maximum Gasteiger partial charge on any atom is 0.312 e. The first kappa shape index (κ1) is 25.9. The van der Waals surface area contributed by atoms with Gasteiger partial charge in [0.05, 0.1) is 30.8 Å². The number of carbonyl (C=O) groups is 3. The zero-order valence-electron chi connectivity index (χ0n) is 20.8. The van der Waals surface area contributed by atoms with E-state index in [4.69, 9.17) is 21.1 Å². The number of aliphatic hydroxyl groups is 1. The number of amides is 2. The van der Waals surface area contributed by atoms with Crippen LogP contribution in [0.1, 0.15) is 53.4 Å². The molecule has 0 aliphatic carbocycles. The zero-order valence-corrected chi connectivity index (χ0v) is 21.5. The summed E-state index contributed by atoms with van der Waals surface area (Å²) >= 11 is 5.99. The summed E-state index contributed by atoms with van der Waals surface area (Å²) in [5.41, 5.74) is -1.47. The number of hydrogen-bond acceptors (Lipinski definition) is 6. The van der Waals surface area contributed by atoms with Gasteiger partial charge < -0.3 is 24.8 Å². The van der Waals surface area contributed by atoms with E-state index in [1.165, 1.54) is 4.90 Å². The van der Waals surface area contributed by atoms with Crippen LogP contribution >= 0.6 is 11.6 Å². The molecule has 2 unspecified atom stereocenters. The fourth-order valence-electron chi connectivity index (χ4n) is 6.50. The van der Waals surface area contributed by atoms with Crippen LogP contribution in [0, 0.1) is 17.8 Å². The summed E-state index contributed by atoms with van der Waals surface area (Å²) in [5, 5.41) is 13.7. The summed E-state index contributed by atoms with van der Waals surface area (Å²) in [6.45, 7) is 7.57. The molecular formula is C26H35ClN2O6. The smallest absolute Gasteiger partial charge is 0.312 e. The molecule has 3 aliphatic heterocycles. The third kappa shape index (κ3) is 4.13. The summed E-state index contributed by atoms with van der Waals surface area (Å²) in [5.74, 6) is -2.63. The molecule has 3 aliphatic rings. The van der Waals surface area contributed by atoms with Crippen LogP contribution in [-0.4, -0.2) is 64.3 Å². The minimum Gasteiger partial charge on any atom is -0.466 e. The molecule has 2 N–H and O–H groups in total. The Morgan fingerprint density at radius 2 is 1.94 bits per heavy atom. The molecule has 0 saturated carbocycles. The molecule has 4 rings (SSSR count). The Kier molecular flexibility index (Phi) is 7.19. The van der Waals surface area contributed by atoms with Gasteiger partial charge in [-0.1, -0.05) is 32.4 Å². The SMILES string of the molecule is CCOC(=O)[C@H]1[C@H]2C(=O)N([C@@H](CO)CC(C)C)C(C(=O)Nc3ccc(Cl)cc3)C23CC[C@]1(CC)O3. The molecule has 1 aromatic rings. The number of ether oxygens (including phenoxy) is 2. The number of aliphatic hydroxyl groups excluding tert-OH is 1. The molecule has 3 heterocycles. The topological polar surface area (TPSA) is 105 Å². The number of fused-ring (bicyclic) bond motifs is 1. The first-order chi connectivity index (χ1) is 16.6. The van der Waals surface area contributed by atoms with E-state index in [0.717, 1.165) is 0 Å². The molecule has 3 fully saturated rings. The van der Waals surface area contributed by atoms with Crippen LogP contribution in [-0.2, 0) is 23.9 Å². The van der Waals surface area contributed by atoms with Crippen molar-refractivity contribution in [3.63, 3.8) is 0 Å². The lowest BCUT2D eigenvalue weighted by atomic mass is 9.65. The highest BCUT2D eigenvalue weighted by Gasteiger charge is 2.79. The second-order valence-corrected chi connectivity index (χ2v) is 10.7. The molecule has 0 aromatic heterocycles. The Labute approximate surface area is 211 Å². The molecule has 8 nitrogen and oxygen atoms in total. The predicted molar refractivity (Wildman–Crippen MR) is 131 cm³/mol. The van der Waals surface area contributed by atoms with Crippen LogP contribution in [0.4, 0.5) is 5.69 Å². The molecule has 0 radical (unpaired) electrons. The van der Waals surface area contributed by atoms with Crippen molar-refractivity contribution >= 4 is 35.1 Å². The Morgan fingerprint density at radius 1 is 1.26 bits per heavy atom. The lowest BCUT2D eigenvalue weighted by Crippen LogP contribution is -2.56. The number of carbonyl (C=O) groups excluding carboxylic acids is 3. The van der Waals surface area contributed by atoms with E-state index in [-0.39, 0.29) is 25.0 Å². The van der Waals surface area contributed by atoms with E-state index in [1.54, 1.807) is 31.2 Å². The van der Waals surface area contributed by atoms with Gasteiger partial charge in [0.15, 0.2) is 0 Å². The number of benzene rings is 1. The fraction of sp³-hybridized carbons (Fsp3) is 0.654. The number of hydrogen-bond donors (Lipinski definition) is 2. The van der Waals surface area contributed by atoms with E-state index >= 15 is 0 Å². The Bertz CT molecular complexity index is 985. The molecule has 2 bridgehead atoms. The van der Waals surface area contributed by atoms with Crippen molar-refractivity contribution in [2.45, 2.75) is 76.7 Å². The van der Waals surface area contributed by atoms with Crippen LogP contribution < -0.4 is 5.32 Å². The molecular weight excluding hydrogens is 472 g/mol. The minimum atomic E-state index is -1.16. The van der Waals surface area contributed by atoms with Crippen LogP contribution in [0.2, 0.25) is 5.02 Å². The van der Waals surface area contributed by atoms with Crippen molar-refractivity contribution in [2.75, 3.05) is 18.5 Å². The number of likely N-dealkylation sites (tertiary alicyclic amines) is 1. The number of halogens is 1. The van der Waals surface area contributed by atoms with E-state index in [9.17, 15) is 19.5 Å². The second-order valence-electron chi connectivity index (χ2n) is 10.3. The summed E-state index contributed by atoms with van der Waals surface area (Å²) in [7, 11) is 0. The first-order valence-corrected chi connectivity index (χ1v) is 12.9. The summed E-state index contributed by atoms with van der Waals surface area (Å²) < 4.78 is 12.1. The third-order valence-corrected chi connectivity index (χ3v) is 8.12. The van der Waals surface area contributed by atoms with Crippen molar-refractivity contribution in [3.8, 4) is 0 Å². The Hall–Kier alpha value is -2.16. The van der Waals surface area contributed by atoms with Crippen molar-refractivity contribution in [3.05, 3.63) is 29.3 Å². The molecule has 1 aromatic carbocycles. The molecule has 192 valence electrons. The van der Waals surface area contributed by atoms with Gasteiger partial charge in [0.25, 0.3) is 0 Å². The monoisotopic (exact) mass is 506 g/mol. The number of rotatable bonds is 9. The van der Waals surface area contributed by atoms with Gasteiger partial charge in [-0.2, -0.15) is 0 Å². The summed E-state index contributed by atoms with van der Waals surface area (Å²) in [6.07, 6.45) is 2.08. The highest BCUT2D eigenvalue weighted by atomic mass is 35.5. The van der Waals surface area contributed by atoms with E-state index < -0.39 is 47.0 Å². The summed E-state index contributed by atoms with van der Waals surface area (Å²) in [4.78, 5) is 42.6. The van der Waals surface area contributed by atoms with E-state index in [2.05, 4.69) is 5.32 Å². The van der Waals surface area contributed by atoms with Gasteiger partial charge in [0, 0.05) is 10.7 Å². The quantitative estimate of drug-likeness (QED) is 0.497. The lowest BCUT2D eigenvalue weighted by molar-refractivity contribution is -0.161. The van der Waals surface area contributed by atoms with Crippen LogP contribution in [0.3, 0.4) is 0 Å². The molecule has 6 atom stereocenters. The molecule has 2 amide bonds. The maximum absolute atomic E-state index is 14.1. The van der Waals surface area contributed by atoms with Crippen molar-refractivity contribution in [2.24, 2.45) is 17.8 Å². The van der Waals surface area contributed by atoms with Gasteiger partial charge >= 0.3 is 5.97 Å². The van der Waals surface area contributed by atoms with Gasteiger partial charge in [-0.15, -0.1) is 0 Å². The van der Waals surface area contributed by atoms with Crippen LogP contribution in [0.5, 0.6) is 0 Å². The fourth-order valence-corrected chi connectivity index (χ4v) is 6.63. The normalized spacial score (nSPS) is 32.1. The van der Waals surface area contributed by atoms with Gasteiger partial charge in [-0.3, -0.25) is 14.4 Å². The first-order valence-electron chi connectivity index (χ1n) is 12.5. The van der Waals surface area contributed by atoms with E-state index in [1.807, 2.05) is 20.8 Å². The Morgan fingerprint density at radius 3 is 2.51 bits per heavy atom. The largest absolute Gasteiger partial charge is 0.466 e. The highest BCUT2D eigenvalue weighted by molar-refractivity contribution is 6.30. The van der Waals surface area contributed by atoms with Gasteiger partial charge in [-0.05, 0) is 62.8 Å². The average molecular weight is 507 g/mol. The number of esters is 1. The van der Waals surface area contributed by atoms with Crippen molar-refractivity contribution in [1.82, 2.24) is 4.90 Å². The number of anilines is 1. The molecule has 1 spiro atoms. The lowest BCUT2D eigenvalue weighted by Gasteiger charge is -2.37. The van der Waals surface area contributed by atoms with Gasteiger partial charge in [0.2, 0.25) is 11.8 Å². The van der Waals surface area contributed by atoms with Gasteiger partial charge in [-0.25, -0.2) is 0 Å². The highest BCUT2D eigenvalue weighted by Crippen LogP contribution is 2.64. The third-order valence-electron chi connectivity index (χ3n) is 7.87. The number of nitrogens with one attached hydrogen (secondary N) is 1. The van der Waals surface area contributed by atoms with Crippen LogP contribution in [0.25, 0.3) is 0 Å². The maximum atomic E-state index is 14.1. The summed E-state index contributed by atoms with van der Waals surface area (Å²) in [6, 6.07) is 5.16. The van der Waals surface area contributed by atoms with E-state index in [0.29, 0.717) is 36.4 Å². The predicted octanol–water partition coefficient (Wildman–Crippen LogP) is 3.40. The van der Waals surface area contributed by atoms with Crippen LogP contribution in [0.15, 0.2) is 24.3 Å². The molecule has 3 saturated heterocycles. The van der Waals surface area contributed by atoms with Gasteiger partial charge in [0.1, 0.15) is 17.6 Å². The molecule has 9 heteroatoms. The second kappa shape index (κ2) is 9.71. The zero-order chi connectivity index (χ0) is 25.5. The molecule has 35 heavy (non-hydrogen) atoms. The van der Waals surface area contributed by atoms with Crippen molar-refractivity contribution < 1.29 is 29.0 Å². The number of nitrogens with zero attached hydrogens (tertiary/aromatic N) is 1. The Balaban J connectivity index is 1.79. The minimum absolute atomic E-state index is 0.179. The van der Waals surface area contributed by atoms with Crippen molar-refractivity contribution in [1.29, 1.82) is 0 Å².